The van der Waals surface area contributed by atoms with Crippen LogP contribution in [0.5, 0.6) is 11.5 Å². The Morgan fingerprint density at radius 3 is 2.68 bits per heavy atom. The van der Waals surface area contributed by atoms with Gasteiger partial charge in [0, 0.05) is 43.4 Å². The highest BCUT2D eigenvalue weighted by Crippen LogP contribution is 2.31. The highest BCUT2D eigenvalue weighted by Gasteiger charge is 2.30. The molecule has 1 aromatic heterocycles. The number of likely N-dealkylation sites (tertiary alicyclic amines) is 1. The van der Waals surface area contributed by atoms with Gasteiger partial charge in [0.2, 0.25) is 0 Å². The number of nitrogens with one attached hydrogen (secondary N) is 2. The summed E-state index contributed by atoms with van der Waals surface area (Å²) in [5.74, 6) is 2.13. The van der Waals surface area contributed by atoms with Crippen LogP contribution in [0.1, 0.15) is 53.5 Å². The molecule has 2 N–H and O–H groups in total. The smallest absolute Gasteiger partial charge is 0.254 e. The van der Waals surface area contributed by atoms with Crippen molar-refractivity contribution in [1.82, 2.24) is 25.1 Å². The van der Waals surface area contributed by atoms with E-state index in [0.29, 0.717) is 41.9 Å². The van der Waals surface area contributed by atoms with E-state index in [-0.39, 0.29) is 17.7 Å². The lowest BCUT2D eigenvalue weighted by molar-refractivity contribution is -0.113. The maximum Gasteiger partial charge on any atom is 0.254 e. The normalized spacial score (nSPS) is 18.0. The number of imidazole rings is 1. The maximum absolute atomic E-state index is 13.2. The number of benzene rings is 2. The molecule has 0 radical (unpaired) electrons. The number of aromatic amines is 1. The molecule has 1 fully saturated rings. The summed E-state index contributed by atoms with van der Waals surface area (Å²) in [6.45, 7) is 6.58. The van der Waals surface area contributed by atoms with E-state index in [2.05, 4.69) is 22.1 Å². The van der Waals surface area contributed by atoms with Crippen molar-refractivity contribution in [2.45, 2.75) is 45.2 Å². The molecule has 0 spiro atoms. The number of Topliss-reactive ketones (excluding diaryl/α,β-unsaturated/α-hetero) is 1. The Labute approximate surface area is 240 Å². The molecule has 2 aliphatic heterocycles. The third-order valence-corrected chi connectivity index (χ3v) is 8.26. The van der Waals surface area contributed by atoms with Crippen LogP contribution in [0.2, 0.25) is 0 Å². The predicted molar refractivity (Wildman–Crippen MR) is 158 cm³/mol. The monoisotopic (exact) mass is 555 g/mol. The molecule has 0 unspecified atom stereocenters. The van der Waals surface area contributed by atoms with Crippen LogP contribution >= 0.6 is 0 Å². The lowest BCUT2D eigenvalue weighted by atomic mass is 9.98. The quantitative estimate of drug-likeness (QED) is 0.389. The first-order valence-corrected chi connectivity index (χ1v) is 14.4. The molecule has 1 amide bonds. The first-order chi connectivity index (χ1) is 19.9. The fourth-order valence-corrected chi connectivity index (χ4v) is 6.13. The number of hydrogen-bond donors (Lipinski definition) is 2. The van der Waals surface area contributed by atoms with Crippen molar-refractivity contribution in [2.75, 3.05) is 40.4 Å². The molecule has 3 heterocycles. The number of H-pyrrole nitrogens is 1. The zero-order valence-corrected chi connectivity index (χ0v) is 24.0. The lowest BCUT2D eigenvalue weighted by Gasteiger charge is -2.21. The van der Waals surface area contributed by atoms with E-state index < -0.39 is 0 Å². The van der Waals surface area contributed by atoms with Gasteiger partial charge >= 0.3 is 0 Å². The van der Waals surface area contributed by atoms with E-state index >= 15 is 0 Å². The minimum Gasteiger partial charge on any atom is -0.497 e. The highest BCUT2D eigenvalue weighted by atomic mass is 16.5. The molecule has 1 saturated heterocycles. The summed E-state index contributed by atoms with van der Waals surface area (Å²) in [7, 11) is 3.30. The van der Waals surface area contributed by atoms with Gasteiger partial charge < -0.3 is 29.6 Å². The summed E-state index contributed by atoms with van der Waals surface area (Å²) in [5, 5.41) is 3.53. The fraction of sp³-hybridized carbons (Fsp3) is 0.406. The Kier molecular flexibility index (Phi) is 7.53. The maximum atomic E-state index is 13.2. The molecule has 214 valence electrons. The van der Waals surface area contributed by atoms with Crippen molar-refractivity contribution < 1.29 is 19.1 Å². The molecule has 0 saturated carbocycles. The number of rotatable bonds is 10. The number of aromatic nitrogens is 2. The molecule has 41 heavy (non-hydrogen) atoms. The SMILES string of the molecule is COc1ccc(OC)c(C[C@H](C)NC2=C(c3nc4cc5c(cc4[nH]3)CN(CCN3CCCC3)C5=O)C(=O)CC=C2)c1. The summed E-state index contributed by atoms with van der Waals surface area (Å²) in [4.78, 5) is 38.9. The largest absolute Gasteiger partial charge is 0.497 e. The van der Waals surface area contributed by atoms with Crippen LogP contribution < -0.4 is 14.8 Å². The minimum atomic E-state index is -0.00565. The molecule has 0 bridgehead atoms. The van der Waals surface area contributed by atoms with Gasteiger partial charge in [-0.15, -0.1) is 0 Å². The number of fused-ring (bicyclic) bond motifs is 2. The molecule has 9 heteroatoms. The van der Waals surface area contributed by atoms with Gasteiger partial charge in [0.05, 0.1) is 30.8 Å². The van der Waals surface area contributed by atoms with Gasteiger partial charge in [0.25, 0.3) is 5.91 Å². The van der Waals surface area contributed by atoms with E-state index in [9.17, 15) is 9.59 Å². The second kappa shape index (κ2) is 11.4. The number of hydrogen-bond acceptors (Lipinski definition) is 7. The van der Waals surface area contributed by atoms with E-state index in [1.165, 1.54) is 12.8 Å². The Morgan fingerprint density at radius 2 is 1.90 bits per heavy atom. The summed E-state index contributed by atoms with van der Waals surface area (Å²) >= 11 is 0. The molecule has 3 aromatic rings. The topological polar surface area (TPSA) is 99.8 Å². The molecule has 9 nitrogen and oxygen atoms in total. The number of allylic oxidation sites excluding steroid dienone is 3. The third kappa shape index (κ3) is 5.46. The van der Waals surface area contributed by atoms with Crippen LogP contribution in [0.3, 0.4) is 0 Å². The zero-order chi connectivity index (χ0) is 28.5. The van der Waals surface area contributed by atoms with Crippen LogP contribution in [0.15, 0.2) is 48.2 Å². The standard InChI is InChI=1S/C32H37N5O4/c1-20(15-21-16-23(40-2)9-10-29(21)41-3)33-25-7-6-8-28(38)30(25)31-34-26-17-22-19-37(14-13-36-11-4-5-12-36)32(39)24(22)18-27(26)35-31/h6-7,9-10,16-18,20,33H,4-5,8,11-15,19H2,1-3H3,(H,34,35)/t20-/m0/s1. The van der Waals surface area contributed by atoms with Crippen molar-refractivity contribution in [3.8, 4) is 11.5 Å². The molecular weight excluding hydrogens is 518 g/mol. The number of carbonyl (C=O) groups excluding carboxylic acids is 2. The van der Waals surface area contributed by atoms with Crippen LogP contribution in [-0.2, 0) is 17.8 Å². The van der Waals surface area contributed by atoms with Gasteiger partial charge in [-0.05, 0) is 86.8 Å². The third-order valence-electron chi connectivity index (χ3n) is 8.26. The Morgan fingerprint density at radius 1 is 1.07 bits per heavy atom. The van der Waals surface area contributed by atoms with Crippen LogP contribution in [0, 0.1) is 0 Å². The molecule has 1 atom stereocenters. The number of amides is 1. The zero-order valence-electron chi connectivity index (χ0n) is 24.0. The minimum absolute atomic E-state index is 0.00285. The molecule has 6 rings (SSSR count). The average molecular weight is 556 g/mol. The number of methoxy groups -OCH3 is 2. The fourth-order valence-electron chi connectivity index (χ4n) is 6.13. The summed E-state index contributed by atoms with van der Waals surface area (Å²) in [6.07, 6.45) is 7.30. The van der Waals surface area contributed by atoms with Gasteiger partial charge in [0.1, 0.15) is 17.3 Å². The highest BCUT2D eigenvalue weighted by molar-refractivity contribution is 6.22. The van der Waals surface area contributed by atoms with E-state index in [1.54, 1.807) is 14.2 Å². The van der Waals surface area contributed by atoms with Crippen molar-refractivity contribution >= 4 is 28.3 Å². The Hall–Kier alpha value is -4.11. The first kappa shape index (κ1) is 27.1. The van der Waals surface area contributed by atoms with E-state index in [1.807, 2.05) is 47.4 Å². The molecule has 3 aliphatic rings. The van der Waals surface area contributed by atoms with Crippen molar-refractivity contribution in [2.24, 2.45) is 0 Å². The van der Waals surface area contributed by atoms with Crippen molar-refractivity contribution in [3.05, 3.63) is 70.7 Å². The number of ketones is 1. The van der Waals surface area contributed by atoms with Crippen LogP contribution in [-0.4, -0.2) is 77.9 Å². The van der Waals surface area contributed by atoms with Crippen molar-refractivity contribution in [1.29, 1.82) is 0 Å². The Balaban J connectivity index is 1.23. The summed E-state index contributed by atoms with van der Waals surface area (Å²) in [6, 6.07) is 9.64. The number of nitrogens with zero attached hydrogens (tertiary/aromatic N) is 3. The number of carbonyl (C=O) groups is 2. The van der Waals surface area contributed by atoms with Gasteiger partial charge in [0.15, 0.2) is 5.78 Å². The Bertz CT molecular complexity index is 1550. The average Bonchev–Trinajstić information content (AvgIpc) is 3.70. The van der Waals surface area contributed by atoms with Crippen LogP contribution in [0.4, 0.5) is 0 Å². The van der Waals surface area contributed by atoms with Crippen molar-refractivity contribution in [3.63, 3.8) is 0 Å². The van der Waals surface area contributed by atoms with E-state index in [0.717, 1.165) is 60.0 Å². The second-order valence-electron chi connectivity index (χ2n) is 11.1. The van der Waals surface area contributed by atoms with Gasteiger partial charge in [-0.3, -0.25) is 9.59 Å². The molecule has 1 aliphatic carbocycles. The van der Waals surface area contributed by atoms with Crippen LogP contribution in [0.25, 0.3) is 16.6 Å². The molecule has 2 aromatic carbocycles. The van der Waals surface area contributed by atoms with Gasteiger partial charge in [-0.1, -0.05) is 6.08 Å². The lowest BCUT2D eigenvalue weighted by Crippen LogP contribution is -2.33. The van der Waals surface area contributed by atoms with Gasteiger partial charge in [-0.2, -0.15) is 0 Å². The van der Waals surface area contributed by atoms with E-state index in [4.69, 9.17) is 14.5 Å². The van der Waals surface area contributed by atoms with Gasteiger partial charge in [-0.25, -0.2) is 4.98 Å². The summed E-state index contributed by atoms with van der Waals surface area (Å²) in [5.41, 5.74) is 5.51. The number of ether oxygens (including phenoxy) is 2. The first-order valence-electron chi connectivity index (χ1n) is 14.4. The predicted octanol–water partition coefficient (Wildman–Crippen LogP) is 4.09. The molecular formula is C32H37N5O4. The second-order valence-corrected chi connectivity index (χ2v) is 11.1. The summed E-state index contributed by atoms with van der Waals surface area (Å²) < 4.78 is 11.0.